The highest BCUT2D eigenvalue weighted by molar-refractivity contribution is 8.00. The average Bonchev–Trinajstić information content (AvgIpc) is 3.32. The lowest BCUT2D eigenvalue weighted by molar-refractivity contribution is -0.113. The number of amides is 1. The monoisotopic (exact) mass is 406 g/mol. The van der Waals surface area contributed by atoms with E-state index in [1.165, 1.54) is 33.7 Å². The second-order valence-corrected chi connectivity index (χ2v) is 8.83. The molecule has 4 aromatic rings. The fraction of sp³-hybridized carbons (Fsp3) is 0.182. The zero-order valence-corrected chi connectivity index (χ0v) is 17.0. The summed E-state index contributed by atoms with van der Waals surface area (Å²) in [5, 5.41) is 6.19. The number of rotatable bonds is 5. The minimum atomic E-state index is -0.0443. The number of thiazole rings is 1. The van der Waals surface area contributed by atoms with E-state index in [0.717, 1.165) is 33.7 Å². The first-order valence-corrected chi connectivity index (χ1v) is 10.9. The molecule has 0 bridgehead atoms. The highest BCUT2D eigenvalue weighted by Crippen LogP contribution is 2.39. The van der Waals surface area contributed by atoms with Gasteiger partial charge in [-0.3, -0.25) is 4.79 Å². The van der Waals surface area contributed by atoms with Crippen molar-refractivity contribution in [1.29, 1.82) is 0 Å². The van der Waals surface area contributed by atoms with E-state index in [-0.39, 0.29) is 5.91 Å². The number of carbonyl (C=O) groups excluding carboxylic acids is 1. The molecule has 1 N–H and O–H groups in total. The molecule has 1 aliphatic rings. The molecule has 28 heavy (non-hydrogen) atoms. The van der Waals surface area contributed by atoms with Crippen LogP contribution in [-0.4, -0.2) is 23.8 Å². The molecule has 1 aromatic heterocycles. The second kappa shape index (κ2) is 7.11. The molecule has 0 fully saturated rings. The Morgan fingerprint density at radius 2 is 2.00 bits per heavy atom. The number of thioether (sulfide) groups is 1. The van der Waals surface area contributed by atoms with Crippen LogP contribution in [-0.2, 0) is 17.6 Å². The van der Waals surface area contributed by atoms with Crippen LogP contribution in [0.15, 0.2) is 53.4 Å². The normalized spacial score (nSPS) is 12.6. The SMILES string of the molecule is COc1ccc(SCC(=O)Nc2nc3c(cc4c5c(cccc53)CC4)s2)cc1. The van der Waals surface area contributed by atoms with Gasteiger partial charge in [-0.2, -0.15) is 0 Å². The third kappa shape index (κ3) is 3.12. The van der Waals surface area contributed by atoms with E-state index in [2.05, 4.69) is 29.6 Å². The van der Waals surface area contributed by atoms with E-state index in [4.69, 9.17) is 9.72 Å². The molecule has 140 valence electrons. The summed E-state index contributed by atoms with van der Waals surface area (Å²) >= 11 is 3.05. The fourth-order valence-electron chi connectivity index (χ4n) is 3.73. The van der Waals surface area contributed by atoms with Crippen molar-refractivity contribution in [3.8, 4) is 5.75 Å². The Morgan fingerprint density at radius 1 is 1.18 bits per heavy atom. The number of carbonyl (C=O) groups is 1. The zero-order valence-electron chi connectivity index (χ0n) is 15.3. The van der Waals surface area contributed by atoms with Gasteiger partial charge >= 0.3 is 0 Å². The summed E-state index contributed by atoms with van der Waals surface area (Å²) in [6.45, 7) is 0. The maximum atomic E-state index is 12.4. The van der Waals surface area contributed by atoms with Gasteiger partial charge in [0.05, 0.1) is 23.1 Å². The molecule has 0 aliphatic heterocycles. The summed E-state index contributed by atoms with van der Waals surface area (Å²) in [5.41, 5.74) is 3.80. The molecular formula is C22H18N2O2S2. The third-order valence-corrected chi connectivity index (χ3v) is 6.95. The number of aryl methyl sites for hydroxylation is 2. The van der Waals surface area contributed by atoms with Gasteiger partial charge in [-0.05, 0) is 59.7 Å². The number of hydrogen-bond acceptors (Lipinski definition) is 5. The van der Waals surface area contributed by atoms with Crippen molar-refractivity contribution in [3.05, 3.63) is 59.7 Å². The van der Waals surface area contributed by atoms with Crippen LogP contribution in [0.3, 0.4) is 0 Å². The molecule has 1 heterocycles. The van der Waals surface area contributed by atoms with E-state index in [1.807, 2.05) is 24.3 Å². The van der Waals surface area contributed by atoms with Crippen LogP contribution in [0, 0.1) is 0 Å². The van der Waals surface area contributed by atoms with Crippen LogP contribution in [0.5, 0.6) is 5.75 Å². The second-order valence-electron chi connectivity index (χ2n) is 6.75. The molecule has 0 unspecified atom stereocenters. The van der Waals surface area contributed by atoms with Crippen LogP contribution in [0.4, 0.5) is 5.13 Å². The van der Waals surface area contributed by atoms with Gasteiger partial charge in [0.15, 0.2) is 5.13 Å². The number of fused-ring (bicyclic) bond motifs is 2. The summed E-state index contributed by atoms with van der Waals surface area (Å²) < 4.78 is 6.30. The summed E-state index contributed by atoms with van der Waals surface area (Å²) in [5.74, 6) is 1.11. The molecule has 5 rings (SSSR count). The first kappa shape index (κ1) is 17.5. The summed E-state index contributed by atoms with van der Waals surface area (Å²) in [6, 6.07) is 16.4. The van der Waals surface area contributed by atoms with Crippen molar-refractivity contribution in [2.45, 2.75) is 17.7 Å². The van der Waals surface area contributed by atoms with Crippen molar-refractivity contribution < 1.29 is 9.53 Å². The number of hydrogen-bond donors (Lipinski definition) is 1. The molecule has 0 atom stereocenters. The summed E-state index contributed by atoms with van der Waals surface area (Å²) in [4.78, 5) is 18.2. The van der Waals surface area contributed by atoms with Gasteiger partial charge in [-0.25, -0.2) is 4.98 Å². The number of anilines is 1. The Hall–Kier alpha value is -2.57. The first-order chi connectivity index (χ1) is 13.7. The van der Waals surface area contributed by atoms with Gasteiger partial charge in [-0.15, -0.1) is 11.8 Å². The van der Waals surface area contributed by atoms with Crippen LogP contribution >= 0.6 is 23.1 Å². The predicted octanol–water partition coefficient (Wildman–Crippen LogP) is 5.29. The molecule has 1 amide bonds. The third-order valence-electron chi connectivity index (χ3n) is 5.03. The predicted molar refractivity (Wildman–Crippen MR) is 117 cm³/mol. The van der Waals surface area contributed by atoms with Crippen LogP contribution in [0.1, 0.15) is 11.1 Å². The zero-order chi connectivity index (χ0) is 19.1. The topological polar surface area (TPSA) is 51.2 Å². The number of ether oxygens (including phenoxy) is 1. The van der Waals surface area contributed by atoms with E-state index in [0.29, 0.717) is 10.9 Å². The van der Waals surface area contributed by atoms with E-state index >= 15 is 0 Å². The molecular weight excluding hydrogens is 388 g/mol. The van der Waals surface area contributed by atoms with Crippen LogP contribution in [0.2, 0.25) is 0 Å². The van der Waals surface area contributed by atoms with Crippen molar-refractivity contribution in [1.82, 2.24) is 4.98 Å². The molecule has 1 aliphatic carbocycles. The Kier molecular flexibility index (Phi) is 4.45. The van der Waals surface area contributed by atoms with Gasteiger partial charge in [-0.1, -0.05) is 29.5 Å². The summed E-state index contributed by atoms with van der Waals surface area (Å²) in [6.07, 6.45) is 2.19. The number of aromatic nitrogens is 1. The molecule has 0 spiro atoms. The lowest BCUT2D eigenvalue weighted by Gasteiger charge is -2.03. The van der Waals surface area contributed by atoms with E-state index in [1.54, 1.807) is 18.4 Å². The summed E-state index contributed by atoms with van der Waals surface area (Å²) in [7, 11) is 1.64. The van der Waals surface area contributed by atoms with Crippen molar-refractivity contribution >= 4 is 55.1 Å². The van der Waals surface area contributed by atoms with E-state index in [9.17, 15) is 4.79 Å². The number of nitrogens with zero attached hydrogens (tertiary/aromatic N) is 1. The van der Waals surface area contributed by atoms with Crippen molar-refractivity contribution in [3.63, 3.8) is 0 Å². The smallest absolute Gasteiger partial charge is 0.236 e. The molecule has 4 nitrogen and oxygen atoms in total. The van der Waals surface area contributed by atoms with Gasteiger partial charge < -0.3 is 10.1 Å². The minimum Gasteiger partial charge on any atom is -0.497 e. The largest absolute Gasteiger partial charge is 0.497 e. The van der Waals surface area contributed by atoms with Gasteiger partial charge in [0.2, 0.25) is 5.91 Å². The van der Waals surface area contributed by atoms with Crippen LogP contribution in [0.25, 0.3) is 21.0 Å². The molecule has 0 saturated carbocycles. The van der Waals surface area contributed by atoms with Gasteiger partial charge in [0.1, 0.15) is 5.75 Å². The Labute approximate surface area is 170 Å². The van der Waals surface area contributed by atoms with Gasteiger partial charge in [0, 0.05) is 10.3 Å². The highest BCUT2D eigenvalue weighted by atomic mass is 32.2. The van der Waals surface area contributed by atoms with Gasteiger partial charge in [0.25, 0.3) is 0 Å². The highest BCUT2D eigenvalue weighted by Gasteiger charge is 2.19. The Balaban J connectivity index is 1.34. The molecule has 0 radical (unpaired) electrons. The Bertz CT molecular complexity index is 1200. The first-order valence-electron chi connectivity index (χ1n) is 9.12. The molecule has 3 aromatic carbocycles. The maximum Gasteiger partial charge on any atom is 0.236 e. The average molecular weight is 407 g/mol. The molecule has 6 heteroatoms. The van der Waals surface area contributed by atoms with E-state index < -0.39 is 0 Å². The number of nitrogens with one attached hydrogen (secondary N) is 1. The minimum absolute atomic E-state index is 0.0443. The number of benzene rings is 3. The van der Waals surface area contributed by atoms with Crippen molar-refractivity contribution in [2.24, 2.45) is 0 Å². The Morgan fingerprint density at radius 3 is 2.82 bits per heavy atom. The quantitative estimate of drug-likeness (QED) is 0.458. The number of methoxy groups -OCH3 is 1. The fourth-order valence-corrected chi connectivity index (χ4v) is 5.40. The van der Waals surface area contributed by atoms with Crippen molar-refractivity contribution in [2.75, 3.05) is 18.2 Å². The lowest BCUT2D eigenvalue weighted by Crippen LogP contribution is -2.13. The standard InChI is InChI=1S/C22H18N2O2S2/c1-26-15-7-9-16(10-8-15)27-12-19(25)23-22-24-21-17-4-2-3-13-5-6-14(20(13)17)11-18(21)28-22/h2-4,7-11H,5-6,12H2,1H3,(H,23,24,25). The lowest BCUT2D eigenvalue weighted by atomic mass is 10.0. The molecule has 0 saturated heterocycles. The van der Waals surface area contributed by atoms with Crippen LogP contribution < -0.4 is 10.1 Å². The maximum absolute atomic E-state index is 12.4.